The van der Waals surface area contributed by atoms with E-state index in [0.717, 1.165) is 58.5 Å². The van der Waals surface area contributed by atoms with Crippen molar-refractivity contribution in [1.29, 1.82) is 0 Å². The lowest BCUT2D eigenvalue weighted by Gasteiger charge is -2.15. The van der Waals surface area contributed by atoms with Crippen LogP contribution >= 0.6 is 0 Å². The van der Waals surface area contributed by atoms with E-state index in [4.69, 9.17) is 18.9 Å². The summed E-state index contributed by atoms with van der Waals surface area (Å²) in [4.78, 5) is 13.4. The summed E-state index contributed by atoms with van der Waals surface area (Å²) in [6, 6.07) is 7.68. The topological polar surface area (TPSA) is 71.0 Å². The third kappa shape index (κ3) is 2.96. The normalized spacial score (nSPS) is 14.7. The summed E-state index contributed by atoms with van der Waals surface area (Å²) in [6.45, 7) is 1.14. The number of ether oxygens (including phenoxy) is 4. The molecule has 0 radical (unpaired) electrons. The van der Waals surface area contributed by atoms with Crippen molar-refractivity contribution in [3.05, 3.63) is 51.8 Å². The van der Waals surface area contributed by atoms with E-state index in [1.165, 1.54) is 0 Å². The number of fused-ring (bicyclic) bond motifs is 6. The van der Waals surface area contributed by atoms with Crippen molar-refractivity contribution >= 4 is 16.3 Å². The zero-order valence-corrected chi connectivity index (χ0v) is 18.7. The average molecular weight is 434 g/mol. The first-order valence-electron chi connectivity index (χ1n) is 10.7. The van der Waals surface area contributed by atoms with Crippen molar-refractivity contribution in [1.82, 2.24) is 9.88 Å². The number of hydrogen-bond acceptors (Lipinski definition) is 6. The third-order valence-corrected chi connectivity index (χ3v) is 6.21. The molecule has 0 fully saturated rings. The second kappa shape index (κ2) is 7.91. The average Bonchev–Trinajstić information content (AvgIpc) is 3.39. The lowest BCUT2D eigenvalue weighted by Crippen LogP contribution is -2.19. The van der Waals surface area contributed by atoms with Gasteiger partial charge < -0.3 is 28.8 Å². The first-order valence-corrected chi connectivity index (χ1v) is 10.7. The van der Waals surface area contributed by atoms with Gasteiger partial charge in [0.05, 0.1) is 25.3 Å². The van der Waals surface area contributed by atoms with Crippen molar-refractivity contribution < 1.29 is 18.9 Å². The summed E-state index contributed by atoms with van der Waals surface area (Å²) in [7, 11) is 6.95. The summed E-state index contributed by atoms with van der Waals surface area (Å²) >= 11 is 0. The molecule has 0 saturated carbocycles. The highest BCUT2D eigenvalue weighted by Crippen LogP contribution is 2.51. The maximum Gasteiger partial charge on any atom is 0.258 e. The van der Waals surface area contributed by atoms with Gasteiger partial charge in [0.2, 0.25) is 6.79 Å². The molecular weight excluding hydrogens is 408 g/mol. The van der Waals surface area contributed by atoms with E-state index in [2.05, 4.69) is 11.4 Å². The zero-order valence-electron chi connectivity index (χ0n) is 18.7. The number of pyridine rings is 1. The van der Waals surface area contributed by atoms with Crippen LogP contribution in [-0.2, 0) is 7.05 Å². The minimum Gasteiger partial charge on any atom is -0.493 e. The summed E-state index contributed by atoms with van der Waals surface area (Å²) in [5.41, 5.74) is 4.93. The fourth-order valence-electron chi connectivity index (χ4n) is 4.66. The molecule has 0 bridgehead atoms. The molecule has 2 aromatic carbocycles. The molecule has 166 valence electrons. The number of nitrogens with zero attached hydrogens (tertiary/aromatic N) is 1. The number of unbranched alkanes of at least 4 members (excludes halogenated alkanes) is 1. The van der Waals surface area contributed by atoms with Gasteiger partial charge in [-0.1, -0.05) is 6.08 Å². The Morgan fingerprint density at radius 3 is 2.34 bits per heavy atom. The van der Waals surface area contributed by atoms with Gasteiger partial charge in [0.25, 0.3) is 5.56 Å². The number of aromatic nitrogens is 1. The molecule has 0 atom stereocenters. The van der Waals surface area contributed by atoms with Crippen LogP contribution in [0.5, 0.6) is 23.0 Å². The minimum atomic E-state index is -0.0836. The van der Waals surface area contributed by atoms with Gasteiger partial charge in [-0.2, -0.15) is 0 Å². The molecule has 2 heterocycles. The van der Waals surface area contributed by atoms with E-state index in [0.29, 0.717) is 22.6 Å². The first kappa shape index (κ1) is 20.5. The molecule has 1 aliphatic carbocycles. The van der Waals surface area contributed by atoms with Gasteiger partial charge in [-0.3, -0.25) is 4.79 Å². The Bertz CT molecular complexity index is 1320. The number of benzene rings is 2. The van der Waals surface area contributed by atoms with Gasteiger partial charge in [-0.05, 0) is 61.8 Å². The van der Waals surface area contributed by atoms with Gasteiger partial charge in [-0.25, -0.2) is 0 Å². The molecular formula is C25H26N2O5. The Morgan fingerprint density at radius 1 is 1.03 bits per heavy atom. The molecule has 7 nitrogen and oxygen atoms in total. The third-order valence-electron chi connectivity index (χ3n) is 6.21. The molecule has 3 aromatic rings. The van der Waals surface area contributed by atoms with Crippen LogP contribution < -0.4 is 29.8 Å². The predicted octanol–water partition coefficient (Wildman–Crippen LogP) is 3.70. The Hall–Kier alpha value is -3.45. The van der Waals surface area contributed by atoms with Crippen LogP contribution in [0.3, 0.4) is 0 Å². The number of methoxy groups -OCH3 is 2. The molecule has 2 aliphatic rings. The van der Waals surface area contributed by atoms with Crippen LogP contribution in [0.1, 0.15) is 24.0 Å². The first-order chi connectivity index (χ1) is 15.6. The lowest BCUT2D eigenvalue weighted by atomic mass is 9.97. The molecule has 1 N–H and O–H groups in total. The van der Waals surface area contributed by atoms with Crippen LogP contribution in [0.4, 0.5) is 0 Å². The largest absolute Gasteiger partial charge is 0.493 e. The highest BCUT2D eigenvalue weighted by molar-refractivity contribution is 6.10. The van der Waals surface area contributed by atoms with Gasteiger partial charge in [0.15, 0.2) is 23.0 Å². The van der Waals surface area contributed by atoms with E-state index in [9.17, 15) is 4.79 Å². The summed E-state index contributed by atoms with van der Waals surface area (Å²) in [5.74, 6) is 2.56. The molecule has 1 aromatic heterocycles. The van der Waals surface area contributed by atoms with Crippen LogP contribution in [0.25, 0.3) is 27.6 Å². The Labute approximate surface area is 186 Å². The standard InChI is InChI=1S/C25H26N2O5/c1-26-8-6-5-7-14-15-9-21-22(32-13-31-21)11-17(15)24-23(14)16-10-19(29-3)20(30-4)12-18(16)25(28)27(24)2/h7,9-12,26H,5-6,8,13H2,1-4H3/b14-7+. The van der Waals surface area contributed by atoms with E-state index in [1.807, 2.05) is 32.3 Å². The molecule has 7 heteroatoms. The van der Waals surface area contributed by atoms with Crippen molar-refractivity contribution in [2.24, 2.45) is 7.05 Å². The van der Waals surface area contributed by atoms with Crippen LogP contribution in [0.2, 0.25) is 0 Å². The van der Waals surface area contributed by atoms with Crippen molar-refractivity contribution in [3.63, 3.8) is 0 Å². The molecule has 0 spiro atoms. The van der Waals surface area contributed by atoms with Crippen molar-refractivity contribution in [3.8, 4) is 34.3 Å². The summed E-state index contributed by atoms with van der Waals surface area (Å²) in [6.07, 6.45) is 4.17. The molecule has 0 saturated heterocycles. The van der Waals surface area contributed by atoms with Crippen molar-refractivity contribution in [2.75, 3.05) is 34.6 Å². The van der Waals surface area contributed by atoms with Crippen molar-refractivity contribution in [2.45, 2.75) is 12.8 Å². The quantitative estimate of drug-likeness (QED) is 0.467. The summed E-state index contributed by atoms with van der Waals surface area (Å²) < 4.78 is 24.0. The second-order valence-electron chi connectivity index (χ2n) is 7.96. The Balaban J connectivity index is 1.84. The lowest BCUT2D eigenvalue weighted by molar-refractivity contribution is 0.174. The van der Waals surface area contributed by atoms with E-state index in [-0.39, 0.29) is 12.4 Å². The predicted molar refractivity (Wildman–Crippen MR) is 124 cm³/mol. The van der Waals surface area contributed by atoms with Gasteiger partial charge in [-0.15, -0.1) is 0 Å². The SMILES string of the molecule is CNCCC/C=C1\c2cc3c(cc2-c2c1c1cc(OC)c(OC)cc1c(=O)n2C)OCO3. The number of allylic oxidation sites excluding steroid dienone is 1. The molecule has 0 unspecified atom stereocenters. The molecule has 5 rings (SSSR count). The Kier molecular flexibility index (Phi) is 5.06. The molecule has 32 heavy (non-hydrogen) atoms. The van der Waals surface area contributed by atoms with Crippen LogP contribution in [0, 0.1) is 0 Å². The maximum absolute atomic E-state index is 13.4. The second-order valence-corrected chi connectivity index (χ2v) is 7.96. The van der Waals surface area contributed by atoms with Gasteiger partial charge in [0, 0.05) is 23.6 Å². The fourth-order valence-corrected chi connectivity index (χ4v) is 4.66. The smallest absolute Gasteiger partial charge is 0.258 e. The maximum atomic E-state index is 13.4. The Morgan fingerprint density at radius 2 is 1.69 bits per heavy atom. The van der Waals surface area contributed by atoms with E-state index in [1.54, 1.807) is 24.9 Å². The number of hydrogen-bond donors (Lipinski definition) is 1. The monoisotopic (exact) mass is 434 g/mol. The van der Waals surface area contributed by atoms with E-state index >= 15 is 0 Å². The van der Waals surface area contributed by atoms with Gasteiger partial charge in [0.1, 0.15) is 0 Å². The van der Waals surface area contributed by atoms with Crippen LogP contribution in [0.15, 0.2) is 35.1 Å². The zero-order chi connectivity index (χ0) is 22.4. The number of nitrogens with one attached hydrogen (secondary N) is 1. The van der Waals surface area contributed by atoms with E-state index < -0.39 is 0 Å². The highest BCUT2D eigenvalue weighted by Gasteiger charge is 2.32. The molecule has 1 aliphatic heterocycles. The highest BCUT2D eigenvalue weighted by atomic mass is 16.7. The van der Waals surface area contributed by atoms with Crippen LogP contribution in [-0.4, -0.2) is 39.2 Å². The fraction of sp³-hybridized carbons (Fsp3) is 0.320. The van der Waals surface area contributed by atoms with Gasteiger partial charge >= 0.3 is 0 Å². The molecule has 0 amide bonds. The number of rotatable bonds is 6. The summed E-state index contributed by atoms with van der Waals surface area (Å²) in [5, 5.41) is 4.64. The minimum absolute atomic E-state index is 0.0836.